The summed E-state index contributed by atoms with van der Waals surface area (Å²) < 4.78 is 15.0. The van der Waals surface area contributed by atoms with Gasteiger partial charge in [-0.3, -0.25) is 0 Å². The molecule has 0 spiro atoms. The number of para-hydroxylation sites is 4. The Kier molecular flexibility index (Phi) is 9.78. The van der Waals surface area contributed by atoms with Gasteiger partial charge in [-0.05, 0) is 140 Å². The molecule has 6 heteroatoms. The minimum atomic E-state index is -0.0774. The zero-order valence-electron chi connectivity index (χ0n) is 45.9. The van der Waals surface area contributed by atoms with Gasteiger partial charge in [0.25, 0.3) is 6.71 Å². The second-order valence-electron chi connectivity index (χ2n) is 25.0. The molecule has 0 amide bonds. The molecule has 10 aromatic carbocycles. The third-order valence-electron chi connectivity index (χ3n) is 17.1. The minimum Gasteiger partial charge on any atom is -0.458 e. The molecule has 0 radical (unpaired) electrons. The first-order valence-corrected chi connectivity index (χ1v) is 27.7. The molecule has 0 atom stereocenters. The van der Waals surface area contributed by atoms with Crippen molar-refractivity contribution >= 4 is 106 Å². The second-order valence-corrected chi connectivity index (χ2v) is 25.0. The number of aromatic nitrogens is 3. The fourth-order valence-electron chi connectivity index (χ4n) is 13.2. The molecule has 0 saturated carbocycles. The number of rotatable bonds is 5. The van der Waals surface area contributed by atoms with Gasteiger partial charge in [0.15, 0.2) is 0 Å². The monoisotopic (exact) mass is 1010 g/mol. The van der Waals surface area contributed by atoms with Crippen molar-refractivity contribution in [3.8, 4) is 28.6 Å². The van der Waals surface area contributed by atoms with Gasteiger partial charge < -0.3 is 23.3 Å². The molecule has 15 rings (SSSR count). The van der Waals surface area contributed by atoms with E-state index in [2.05, 4.69) is 287 Å². The number of nitrogens with zero attached hydrogens (tertiary/aromatic N) is 4. The lowest BCUT2D eigenvalue weighted by atomic mass is 9.34. The van der Waals surface area contributed by atoms with Crippen LogP contribution in [-0.2, 0) is 16.2 Å². The van der Waals surface area contributed by atoms with E-state index in [1.54, 1.807) is 0 Å². The predicted molar refractivity (Wildman–Crippen MR) is 331 cm³/mol. The Labute approximate surface area is 456 Å². The summed E-state index contributed by atoms with van der Waals surface area (Å²) in [5.41, 5.74) is 21.4. The third-order valence-corrected chi connectivity index (χ3v) is 17.1. The van der Waals surface area contributed by atoms with Gasteiger partial charge in [0, 0.05) is 72.3 Å². The molecular formula is C72H61BN4O. The van der Waals surface area contributed by atoms with Crippen LogP contribution < -0.4 is 26.0 Å². The third kappa shape index (κ3) is 6.81. The maximum Gasteiger partial charge on any atom is 0.256 e. The van der Waals surface area contributed by atoms with E-state index in [0.717, 1.165) is 67.7 Å². The van der Waals surface area contributed by atoms with Gasteiger partial charge in [-0.2, -0.15) is 0 Å². The fourth-order valence-corrected chi connectivity index (χ4v) is 13.2. The van der Waals surface area contributed by atoms with Crippen molar-refractivity contribution in [2.24, 2.45) is 0 Å². The summed E-state index contributed by atoms with van der Waals surface area (Å²) in [6, 6.07) is 77.0. The highest BCUT2D eigenvalue weighted by molar-refractivity contribution is 6.99. The molecule has 378 valence electrons. The average molecular weight is 1010 g/mol. The lowest BCUT2D eigenvalue weighted by molar-refractivity contribution is 0.486. The SMILES string of the molecule is CC(C)(C)c1ccc2c(c1)B1c3c(cc(-n4c5ccccc5c5ccc6c7ccccc7n(-c7ccc(N(c8ccccc8)c8ccccc8)cc7)c6c54)cc3-n3c4ccc(C(C)(C)C)cc4c4cc(C(C)(C)C)cc1c43)O2. The van der Waals surface area contributed by atoms with Crippen molar-refractivity contribution < 1.29 is 4.74 Å². The maximum absolute atomic E-state index is 7.40. The van der Waals surface area contributed by atoms with E-state index in [1.807, 2.05) is 0 Å². The van der Waals surface area contributed by atoms with Crippen LogP contribution in [0.25, 0.3) is 82.5 Å². The number of benzene rings is 10. The van der Waals surface area contributed by atoms with Gasteiger partial charge in [-0.15, -0.1) is 0 Å². The van der Waals surface area contributed by atoms with Crippen molar-refractivity contribution in [3.63, 3.8) is 0 Å². The summed E-state index contributed by atoms with van der Waals surface area (Å²) in [5.74, 6) is 1.82. The molecule has 0 fully saturated rings. The van der Waals surface area contributed by atoms with Crippen molar-refractivity contribution in [2.45, 2.75) is 78.6 Å². The summed E-state index contributed by atoms with van der Waals surface area (Å²) >= 11 is 0. The zero-order chi connectivity index (χ0) is 53.1. The molecule has 0 aliphatic carbocycles. The van der Waals surface area contributed by atoms with E-state index in [4.69, 9.17) is 4.74 Å². The zero-order valence-corrected chi connectivity index (χ0v) is 45.9. The fraction of sp³-hybridized carbons (Fsp3) is 0.167. The number of hydrogen-bond donors (Lipinski definition) is 0. The normalized spacial score (nSPS) is 13.3. The Hall–Kier alpha value is -8.74. The van der Waals surface area contributed by atoms with Crippen molar-refractivity contribution in [1.29, 1.82) is 0 Å². The molecule has 5 nitrogen and oxygen atoms in total. The number of fused-ring (bicyclic) bond motifs is 14. The Morgan fingerprint density at radius 3 is 1.45 bits per heavy atom. The van der Waals surface area contributed by atoms with Crippen LogP contribution in [0.4, 0.5) is 17.1 Å². The van der Waals surface area contributed by atoms with Crippen LogP contribution >= 0.6 is 0 Å². The number of hydrogen-bond acceptors (Lipinski definition) is 2. The van der Waals surface area contributed by atoms with Crippen LogP contribution in [-0.4, -0.2) is 20.4 Å². The van der Waals surface area contributed by atoms with Gasteiger partial charge in [0.2, 0.25) is 0 Å². The van der Waals surface area contributed by atoms with Crippen molar-refractivity contribution in [2.75, 3.05) is 4.90 Å². The van der Waals surface area contributed by atoms with Gasteiger partial charge in [0.1, 0.15) is 11.5 Å². The van der Waals surface area contributed by atoms with Gasteiger partial charge in [-0.1, -0.05) is 172 Å². The summed E-state index contributed by atoms with van der Waals surface area (Å²) in [5, 5.41) is 7.42. The maximum atomic E-state index is 7.40. The van der Waals surface area contributed by atoms with E-state index >= 15 is 0 Å². The molecule has 2 aliphatic rings. The number of ether oxygens (including phenoxy) is 1. The highest BCUT2D eigenvalue weighted by Crippen LogP contribution is 2.46. The van der Waals surface area contributed by atoms with E-state index in [0.29, 0.717) is 0 Å². The topological polar surface area (TPSA) is 27.3 Å². The average Bonchev–Trinajstić information content (AvgIpc) is 4.15. The lowest BCUT2D eigenvalue weighted by Gasteiger charge is -2.35. The molecule has 0 N–H and O–H groups in total. The van der Waals surface area contributed by atoms with Crippen molar-refractivity contribution in [1.82, 2.24) is 13.7 Å². The Bertz CT molecular complexity index is 4590. The van der Waals surface area contributed by atoms with E-state index in [1.165, 1.54) is 76.4 Å². The van der Waals surface area contributed by atoms with Crippen LogP contribution in [0.1, 0.15) is 79.0 Å². The Morgan fingerprint density at radius 2 is 0.846 bits per heavy atom. The minimum absolute atomic E-state index is 0.0237. The van der Waals surface area contributed by atoms with E-state index in [9.17, 15) is 0 Å². The van der Waals surface area contributed by atoms with Crippen LogP contribution in [0.3, 0.4) is 0 Å². The first-order valence-electron chi connectivity index (χ1n) is 27.7. The first kappa shape index (κ1) is 46.6. The Morgan fingerprint density at radius 1 is 0.346 bits per heavy atom. The summed E-state index contributed by atoms with van der Waals surface area (Å²) in [4.78, 5) is 2.33. The van der Waals surface area contributed by atoms with Crippen LogP contribution in [0, 0.1) is 0 Å². The highest BCUT2D eigenvalue weighted by Gasteiger charge is 2.42. The van der Waals surface area contributed by atoms with Crippen LogP contribution in [0.5, 0.6) is 11.5 Å². The lowest BCUT2D eigenvalue weighted by Crippen LogP contribution is -2.58. The Balaban J connectivity index is 1.03. The second kappa shape index (κ2) is 16.4. The first-order chi connectivity index (χ1) is 37.6. The molecule has 5 heterocycles. The molecular weight excluding hydrogens is 948 g/mol. The predicted octanol–water partition coefficient (Wildman–Crippen LogP) is 17.3. The van der Waals surface area contributed by atoms with Crippen LogP contribution in [0.15, 0.2) is 206 Å². The number of anilines is 3. The van der Waals surface area contributed by atoms with E-state index < -0.39 is 0 Å². The van der Waals surface area contributed by atoms with Gasteiger partial charge >= 0.3 is 0 Å². The highest BCUT2D eigenvalue weighted by atomic mass is 16.5. The molecule has 0 bridgehead atoms. The summed E-state index contributed by atoms with van der Waals surface area (Å²) in [7, 11) is 0. The smallest absolute Gasteiger partial charge is 0.256 e. The largest absolute Gasteiger partial charge is 0.458 e. The quantitative estimate of drug-likeness (QED) is 0.161. The molecule has 0 unspecified atom stereocenters. The molecule has 78 heavy (non-hydrogen) atoms. The van der Waals surface area contributed by atoms with Gasteiger partial charge in [-0.25, -0.2) is 0 Å². The molecule has 13 aromatic rings. The van der Waals surface area contributed by atoms with E-state index in [-0.39, 0.29) is 23.0 Å². The molecule has 3 aromatic heterocycles. The van der Waals surface area contributed by atoms with Crippen LogP contribution in [0.2, 0.25) is 0 Å². The molecule has 2 aliphatic heterocycles. The van der Waals surface area contributed by atoms with Crippen molar-refractivity contribution in [3.05, 3.63) is 223 Å². The standard InChI is InChI=1S/C72H61BN4O/c1-70(2,3)44-28-36-62-56(38-44)57-39-46(72(7,8)9)41-59-67(57)77(62)63-42-51(43-65-66(63)73(59)58-40-45(71(4,5)6)29-37-64(58)78-65)76-61-27-19-17-25-53(61)55-35-34-54-52-24-16-18-26-60(52)75(68(54)69(55)76)50-32-30-49(31-33-50)74(47-20-12-10-13-21-47)48-22-14-11-15-23-48/h10-43H,1-9H3. The van der Waals surface area contributed by atoms with Gasteiger partial charge in [0.05, 0.1) is 33.3 Å². The summed E-state index contributed by atoms with van der Waals surface area (Å²) in [6.07, 6.45) is 0. The molecule has 0 saturated heterocycles. The summed E-state index contributed by atoms with van der Waals surface area (Å²) in [6.45, 7) is 20.9.